The molecule has 0 spiro atoms. The average molecular weight is 397 g/mol. The first-order valence-electron chi connectivity index (χ1n) is 10.4. The molecule has 3 unspecified atom stereocenters. The van der Waals surface area contributed by atoms with E-state index in [1.165, 1.54) is 11.3 Å². The molecule has 28 heavy (non-hydrogen) atoms. The van der Waals surface area contributed by atoms with Crippen molar-refractivity contribution in [2.45, 2.75) is 76.8 Å². The number of likely N-dealkylation sites (tertiary alicyclic amines) is 1. The maximum atomic E-state index is 12.8. The normalized spacial score (nSPS) is 22.5. The van der Waals surface area contributed by atoms with Gasteiger partial charge < -0.3 is 26.0 Å². The molecule has 0 aromatic rings. The lowest BCUT2D eigenvalue weighted by Gasteiger charge is -2.31. The number of carbonyl (C=O) groups is 3. The number of nitrogens with one attached hydrogen (secondary N) is 1. The molecule has 0 bridgehead atoms. The lowest BCUT2D eigenvalue weighted by molar-refractivity contribution is -0.418. The smallest absolute Gasteiger partial charge is 0.426 e. The van der Waals surface area contributed by atoms with Crippen LogP contribution in [0.5, 0.6) is 0 Å². The van der Waals surface area contributed by atoms with Crippen molar-refractivity contribution in [3.8, 4) is 0 Å². The van der Waals surface area contributed by atoms with Gasteiger partial charge in [0.2, 0.25) is 0 Å². The quantitative estimate of drug-likeness (QED) is 0.432. The fraction of sp³-hybridized carbons (Fsp3) is 0.833. The number of likely N-dealkylation sites (N-methyl/N-ethyl adjacent to an activating group) is 1. The first-order chi connectivity index (χ1) is 13.3. The van der Waals surface area contributed by atoms with Gasteiger partial charge in [-0.3, -0.25) is 14.5 Å². The summed E-state index contributed by atoms with van der Waals surface area (Å²) in [5.41, 5.74) is 4.00. The van der Waals surface area contributed by atoms with Gasteiger partial charge in [0.15, 0.2) is 6.04 Å². The van der Waals surface area contributed by atoms with Crippen molar-refractivity contribution in [2.24, 2.45) is 5.92 Å². The molecule has 4 amide bonds. The number of hydrogen-bond donors (Lipinski definition) is 4. The van der Waals surface area contributed by atoms with Crippen molar-refractivity contribution in [3.05, 3.63) is 0 Å². The van der Waals surface area contributed by atoms with Crippen LogP contribution < -0.4 is 11.1 Å². The van der Waals surface area contributed by atoms with Gasteiger partial charge in [0.25, 0.3) is 11.8 Å². The van der Waals surface area contributed by atoms with E-state index in [2.05, 4.69) is 11.1 Å². The van der Waals surface area contributed by atoms with Crippen LogP contribution in [0.4, 0.5) is 4.79 Å². The number of amides is 4. The van der Waals surface area contributed by atoms with E-state index in [0.29, 0.717) is 19.4 Å². The topological polar surface area (TPSA) is 138 Å². The SMILES string of the molecule is CCN(C(=O)C(C)NC(=O)C([NH3+])C1CCCCC1)C(=O)N1CCCC1B(O)O. The molecule has 2 fully saturated rings. The number of urea groups is 1. The van der Waals surface area contributed by atoms with Crippen molar-refractivity contribution in [3.63, 3.8) is 0 Å². The Bertz CT molecular complexity index is 570. The minimum absolute atomic E-state index is 0.138. The van der Waals surface area contributed by atoms with E-state index in [-0.39, 0.29) is 18.4 Å². The van der Waals surface area contributed by atoms with E-state index >= 15 is 0 Å². The van der Waals surface area contributed by atoms with Crippen molar-refractivity contribution in [1.29, 1.82) is 0 Å². The number of hydrogen-bond acceptors (Lipinski definition) is 5. The molecule has 0 aromatic heterocycles. The highest BCUT2D eigenvalue weighted by molar-refractivity contribution is 6.43. The van der Waals surface area contributed by atoms with Gasteiger partial charge in [-0.25, -0.2) is 4.79 Å². The van der Waals surface area contributed by atoms with Crippen molar-refractivity contribution >= 4 is 25.0 Å². The fourth-order valence-corrected chi connectivity index (χ4v) is 4.25. The Morgan fingerprint density at radius 2 is 1.82 bits per heavy atom. The van der Waals surface area contributed by atoms with Crippen LogP contribution in [0.2, 0.25) is 0 Å². The summed E-state index contributed by atoms with van der Waals surface area (Å²) >= 11 is 0. The zero-order valence-corrected chi connectivity index (χ0v) is 17.0. The van der Waals surface area contributed by atoms with E-state index in [1.807, 2.05) is 0 Å². The minimum Gasteiger partial charge on any atom is -0.426 e. The maximum Gasteiger partial charge on any atom is 0.475 e. The number of nitrogens with zero attached hydrogens (tertiary/aromatic N) is 2. The monoisotopic (exact) mass is 397 g/mol. The van der Waals surface area contributed by atoms with Crippen molar-refractivity contribution in [1.82, 2.24) is 15.1 Å². The third-order valence-electron chi connectivity index (χ3n) is 5.99. The molecular weight excluding hydrogens is 363 g/mol. The van der Waals surface area contributed by atoms with Crippen LogP contribution in [-0.2, 0) is 9.59 Å². The number of carbonyl (C=O) groups excluding carboxylic acids is 3. The summed E-state index contributed by atoms with van der Waals surface area (Å²) in [7, 11) is -1.64. The molecule has 2 rings (SSSR count). The summed E-state index contributed by atoms with van der Waals surface area (Å²) in [6.45, 7) is 3.75. The van der Waals surface area contributed by atoms with E-state index < -0.39 is 37.1 Å². The van der Waals surface area contributed by atoms with Crippen molar-refractivity contribution < 1.29 is 30.2 Å². The van der Waals surface area contributed by atoms with Crippen LogP contribution in [0.15, 0.2) is 0 Å². The highest BCUT2D eigenvalue weighted by atomic mass is 16.4. The molecule has 1 heterocycles. The molecule has 158 valence electrons. The zero-order chi connectivity index (χ0) is 20.8. The summed E-state index contributed by atoms with van der Waals surface area (Å²) in [6.07, 6.45) is 6.47. The Morgan fingerprint density at radius 3 is 2.39 bits per heavy atom. The largest absolute Gasteiger partial charge is 0.475 e. The average Bonchev–Trinajstić information content (AvgIpc) is 3.18. The van der Waals surface area contributed by atoms with Crippen molar-refractivity contribution in [2.75, 3.05) is 13.1 Å². The third-order valence-corrected chi connectivity index (χ3v) is 5.99. The number of quaternary nitrogens is 1. The predicted molar refractivity (Wildman–Crippen MR) is 104 cm³/mol. The number of rotatable bonds is 6. The first kappa shape index (κ1) is 22.6. The Hall–Kier alpha value is -1.65. The standard InChI is InChI=1S/C18H33BN4O5/c1-3-22(18(26)23-11-7-10-14(23)19(27)28)17(25)12(2)21-16(24)15(20)13-8-5-4-6-9-13/h12-15,27-28H,3-11,20H2,1-2H3,(H,21,24)/p+1. The molecule has 9 nitrogen and oxygen atoms in total. The van der Waals surface area contributed by atoms with E-state index in [1.54, 1.807) is 13.8 Å². The van der Waals surface area contributed by atoms with E-state index in [0.717, 1.165) is 30.6 Å². The molecule has 0 radical (unpaired) electrons. The van der Waals surface area contributed by atoms with Crippen LogP contribution in [0.3, 0.4) is 0 Å². The second-order valence-corrected chi connectivity index (χ2v) is 7.92. The molecule has 1 aliphatic heterocycles. The molecule has 3 atom stereocenters. The highest BCUT2D eigenvalue weighted by Crippen LogP contribution is 2.25. The maximum absolute atomic E-state index is 12.8. The molecule has 10 heteroatoms. The molecule has 6 N–H and O–H groups in total. The second-order valence-electron chi connectivity index (χ2n) is 7.92. The first-order valence-corrected chi connectivity index (χ1v) is 10.4. The molecule has 0 aromatic carbocycles. The van der Waals surface area contributed by atoms with Crippen LogP contribution in [0.25, 0.3) is 0 Å². The minimum atomic E-state index is -1.64. The highest BCUT2D eigenvalue weighted by Gasteiger charge is 2.40. The van der Waals surface area contributed by atoms with Gasteiger partial charge in [-0.1, -0.05) is 19.3 Å². The summed E-state index contributed by atoms with van der Waals surface area (Å²) in [6, 6.07) is -1.82. The Balaban J connectivity index is 1.97. The Labute approximate surface area is 166 Å². The Kier molecular flexibility index (Phi) is 8.27. The second kappa shape index (κ2) is 10.2. The predicted octanol–water partition coefficient (Wildman–Crippen LogP) is -0.873. The number of imide groups is 1. The van der Waals surface area contributed by atoms with Crippen LogP contribution in [0, 0.1) is 5.92 Å². The van der Waals surface area contributed by atoms with Gasteiger partial charge in [0.1, 0.15) is 6.04 Å². The fourth-order valence-electron chi connectivity index (χ4n) is 4.25. The van der Waals surface area contributed by atoms with Gasteiger partial charge in [0, 0.05) is 19.0 Å². The van der Waals surface area contributed by atoms with Gasteiger partial charge in [-0.2, -0.15) is 0 Å². The zero-order valence-electron chi connectivity index (χ0n) is 17.0. The van der Waals surface area contributed by atoms with Gasteiger partial charge in [0.05, 0.1) is 5.94 Å². The van der Waals surface area contributed by atoms with Crippen LogP contribution >= 0.6 is 0 Å². The lowest BCUT2D eigenvalue weighted by atomic mass is 9.78. The molecular formula is C18H34BN4O5+. The third kappa shape index (κ3) is 5.24. The lowest BCUT2D eigenvalue weighted by Crippen LogP contribution is -2.71. The molecule has 1 aliphatic carbocycles. The van der Waals surface area contributed by atoms with Crippen LogP contribution in [0.1, 0.15) is 58.8 Å². The van der Waals surface area contributed by atoms with Gasteiger partial charge in [-0.15, -0.1) is 0 Å². The van der Waals surface area contributed by atoms with Crippen LogP contribution in [-0.4, -0.2) is 75.9 Å². The summed E-state index contributed by atoms with van der Waals surface area (Å²) < 4.78 is 0. The van der Waals surface area contributed by atoms with Gasteiger partial charge >= 0.3 is 13.1 Å². The summed E-state index contributed by atoms with van der Waals surface area (Å²) in [4.78, 5) is 40.5. The summed E-state index contributed by atoms with van der Waals surface area (Å²) in [5, 5.41) is 21.7. The Morgan fingerprint density at radius 1 is 1.18 bits per heavy atom. The molecule has 2 aliphatic rings. The molecule has 1 saturated carbocycles. The van der Waals surface area contributed by atoms with E-state index in [4.69, 9.17) is 0 Å². The van der Waals surface area contributed by atoms with Gasteiger partial charge in [-0.05, 0) is 39.5 Å². The molecule has 1 saturated heterocycles. The van der Waals surface area contributed by atoms with E-state index in [9.17, 15) is 24.4 Å². The summed E-state index contributed by atoms with van der Waals surface area (Å²) in [5.74, 6) is -1.25.